The van der Waals surface area contributed by atoms with E-state index in [2.05, 4.69) is 10.1 Å². The Labute approximate surface area is 131 Å². The molecule has 0 atom stereocenters. The molecule has 1 heterocycles. The van der Waals surface area contributed by atoms with Crippen LogP contribution >= 0.6 is 22.9 Å². The number of ether oxygens (including phenoxy) is 1. The number of aromatic nitrogens is 1. The first-order valence-electron chi connectivity index (χ1n) is 6.10. The van der Waals surface area contributed by atoms with Crippen molar-refractivity contribution in [2.45, 2.75) is 13.0 Å². The van der Waals surface area contributed by atoms with Gasteiger partial charge in [-0.15, -0.1) is 11.3 Å². The van der Waals surface area contributed by atoms with Crippen LogP contribution in [0.5, 0.6) is 5.75 Å². The number of methoxy groups -OCH3 is 1. The minimum Gasteiger partial charge on any atom is -0.497 e. The maximum absolute atomic E-state index is 11.9. The van der Waals surface area contributed by atoms with Crippen LogP contribution in [0.4, 0.5) is 0 Å². The molecule has 0 aliphatic rings. The average Bonchev–Trinajstić information content (AvgIpc) is 2.92. The van der Waals surface area contributed by atoms with Gasteiger partial charge in [0.1, 0.15) is 5.75 Å². The first kappa shape index (κ1) is 15.5. The molecule has 0 radical (unpaired) electrons. The zero-order chi connectivity index (χ0) is 15.1. The smallest absolute Gasteiger partial charge is 0.183 e. The zero-order valence-electron chi connectivity index (χ0n) is 11.3. The number of halogens is 1. The van der Waals surface area contributed by atoms with E-state index < -0.39 is 0 Å². The predicted molar refractivity (Wildman–Crippen MR) is 82.3 cm³/mol. The minimum absolute atomic E-state index is 0.0363. The van der Waals surface area contributed by atoms with Crippen molar-refractivity contribution in [3.05, 3.63) is 45.4 Å². The Balaban J connectivity index is 1.76. The Morgan fingerprint density at radius 2 is 2.19 bits per heavy atom. The number of thiazole rings is 1. The predicted octanol–water partition coefficient (Wildman–Crippen LogP) is 3.58. The summed E-state index contributed by atoms with van der Waals surface area (Å²) in [6, 6.07) is 6.92. The van der Waals surface area contributed by atoms with Gasteiger partial charge in [-0.05, 0) is 24.3 Å². The Kier molecular flexibility index (Phi) is 5.71. The number of benzene rings is 1. The van der Waals surface area contributed by atoms with E-state index in [-0.39, 0.29) is 18.8 Å². The highest BCUT2D eigenvalue weighted by atomic mass is 35.5. The largest absolute Gasteiger partial charge is 0.497 e. The lowest BCUT2D eigenvalue weighted by atomic mass is 10.1. The molecule has 0 amide bonds. The van der Waals surface area contributed by atoms with Crippen LogP contribution in [0.25, 0.3) is 0 Å². The number of rotatable bonds is 7. The molecule has 0 saturated carbocycles. The summed E-state index contributed by atoms with van der Waals surface area (Å²) in [7, 11) is 1.58. The van der Waals surface area contributed by atoms with Crippen molar-refractivity contribution in [1.82, 2.24) is 4.98 Å². The van der Waals surface area contributed by atoms with Crippen molar-refractivity contribution >= 4 is 34.9 Å². The molecule has 5 nitrogen and oxygen atoms in total. The Morgan fingerprint density at radius 3 is 2.81 bits per heavy atom. The summed E-state index contributed by atoms with van der Waals surface area (Å²) in [5.74, 6) is 0.678. The van der Waals surface area contributed by atoms with E-state index in [1.807, 2.05) is 0 Å². The van der Waals surface area contributed by atoms with Gasteiger partial charge in [0, 0.05) is 18.2 Å². The third-order valence-electron chi connectivity index (χ3n) is 2.57. The van der Waals surface area contributed by atoms with Crippen molar-refractivity contribution in [2.24, 2.45) is 5.16 Å². The highest BCUT2D eigenvalue weighted by molar-refractivity contribution is 7.15. The summed E-state index contributed by atoms with van der Waals surface area (Å²) in [5.41, 5.74) is 0.608. The van der Waals surface area contributed by atoms with E-state index in [0.717, 1.165) is 4.88 Å². The summed E-state index contributed by atoms with van der Waals surface area (Å²) in [4.78, 5) is 21.7. The van der Waals surface area contributed by atoms with Crippen LogP contribution in [-0.4, -0.2) is 24.1 Å². The minimum atomic E-state index is -0.0363. The fourth-order valence-electron chi connectivity index (χ4n) is 1.52. The number of carbonyl (C=O) groups is 1. The Morgan fingerprint density at radius 1 is 1.43 bits per heavy atom. The number of Topliss-reactive ketones (excluding diaryl/α,β-unsaturated/α-hetero) is 1. The van der Waals surface area contributed by atoms with Gasteiger partial charge < -0.3 is 9.57 Å². The number of ketones is 1. The van der Waals surface area contributed by atoms with Crippen molar-refractivity contribution in [1.29, 1.82) is 0 Å². The van der Waals surface area contributed by atoms with E-state index in [9.17, 15) is 4.79 Å². The zero-order valence-corrected chi connectivity index (χ0v) is 12.9. The Hall–Kier alpha value is -1.92. The van der Waals surface area contributed by atoms with Crippen LogP contribution < -0.4 is 4.74 Å². The second-order valence-electron chi connectivity index (χ2n) is 4.00. The molecule has 0 aliphatic carbocycles. The molecular formula is C14H13ClN2O3S. The van der Waals surface area contributed by atoms with Gasteiger partial charge in [-0.1, -0.05) is 16.8 Å². The maximum Gasteiger partial charge on any atom is 0.183 e. The number of carbonyl (C=O) groups excluding carboxylic acids is 1. The summed E-state index contributed by atoms with van der Waals surface area (Å²) < 4.78 is 5.50. The normalized spacial score (nSPS) is 10.8. The highest BCUT2D eigenvalue weighted by Crippen LogP contribution is 2.18. The number of nitrogens with zero attached hydrogens (tertiary/aromatic N) is 2. The summed E-state index contributed by atoms with van der Waals surface area (Å²) in [5, 5.41) is 3.74. The van der Waals surface area contributed by atoms with Gasteiger partial charge in [0.05, 0.1) is 18.2 Å². The van der Waals surface area contributed by atoms with E-state index in [1.54, 1.807) is 37.6 Å². The van der Waals surface area contributed by atoms with Crippen molar-refractivity contribution < 1.29 is 14.4 Å². The monoisotopic (exact) mass is 324 g/mol. The van der Waals surface area contributed by atoms with Crippen LogP contribution in [0, 0.1) is 0 Å². The first-order valence-corrected chi connectivity index (χ1v) is 7.29. The van der Waals surface area contributed by atoms with E-state index in [4.69, 9.17) is 21.2 Å². The van der Waals surface area contributed by atoms with Crippen LogP contribution in [0.15, 0.2) is 35.6 Å². The standard InChI is InChI=1S/C14H13ClN2O3S/c1-19-11-4-2-10(3-5-11)13(18)6-7-17-20-9-12-8-16-14(15)21-12/h2-5,7-8H,6,9H2,1H3/b17-7-. The van der Waals surface area contributed by atoms with Crippen LogP contribution in [0.3, 0.4) is 0 Å². The molecule has 110 valence electrons. The second kappa shape index (κ2) is 7.75. The molecule has 2 rings (SSSR count). The maximum atomic E-state index is 11.9. The molecule has 0 N–H and O–H groups in total. The third kappa shape index (κ3) is 4.84. The quantitative estimate of drug-likeness (QED) is 0.443. The van der Waals surface area contributed by atoms with Gasteiger partial charge in [0.25, 0.3) is 0 Å². The molecular weight excluding hydrogens is 312 g/mol. The summed E-state index contributed by atoms with van der Waals surface area (Å²) in [6.45, 7) is 0.289. The molecule has 2 aromatic rings. The van der Waals surface area contributed by atoms with E-state index in [0.29, 0.717) is 15.8 Å². The van der Waals surface area contributed by atoms with Crippen molar-refractivity contribution in [2.75, 3.05) is 7.11 Å². The molecule has 0 spiro atoms. The first-order chi connectivity index (χ1) is 10.2. The van der Waals surface area contributed by atoms with Gasteiger partial charge in [0.2, 0.25) is 0 Å². The van der Waals surface area contributed by atoms with Crippen LogP contribution in [0.1, 0.15) is 21.7 Å². The molecule has 1 aromatic carbocycles. The summed E-state index contributed by atoms with van der Waals surface area (Å²) in [6.07, 6.45) is 3.25. The van der Waals surface area contributed by atoms with Crippen LogP contribution in [-0.2, 0) is 11.4 Å². The lowest BCUT2D eigenvalue weighted by molar-refractivity contribution is 0.0996. The molecule has 1 aromatic heterocycles. The average molecular weight is 325 g/mol. The molecule has 0 bridgehead atoms. The van der Waals surface area contributed by atoms with Gasteiger partial charge in [0.15, 0.2) is 16.9 Å². The van der Waals surface area contributed by atoms with Crippen LogP contribution in [0.2, 0.25) is 4.47 Å². The molecule has 0 saturated heterocycles. The third-order valence-corrected chi connectivity index (χ3v) is 3.66. The Bertz CT molecular complexity index is 625. The number of hydrogen-bond donors (Lipinski definition) is 0. The molecule has 0 fully saturated rings. The molecule has 0 aliphatic heterocycles. The lowest BCUT2D eigenvalue weighted by Crippen LogP contribution is -1.99. The number of oxime groups is 1. The molecule has 21 heavy (non-hydrogen) atoms. The molecule has 7 heteroatoms. The van der Waals surface area contributed by atoms with Crippen molar-refractivity contribution in [3.8, 4) is 5.75 Å². The van der Waals surface area contributed by atoms with Gasteiger partial charge in [-0.25, -0.2) is 4.98 Å². The SMILES string of the molecule is COc1ccc(C(=O)C/C=N\OCc2cnc(Cl)s2)cc1. The number of hydrogen-bond acceptors (Lipinski definition) is 6. The second-order valence-corrected chi connectivity index (χ2v) is 5.69. The van der Waals surface area contributed by atoms with Crippen molar-refractivity contribution in [3.63, 3.8) is 0 Å². The molecule has 0 unspecified atom stereocenters. The van der Waals surface area contributed by atoms with Gasteiger partial charge in [-0.3, -0.25) is 4.79 Å². The van der Waals surface area contributed by atoms with E-state index >= 15 is 0 Å². The lowest BCUT2D eigenvalue weighted by Gasteiger charge is -2.01. The highest BCUT2D eigenvalue weighted by Gasteiger charge is 2.04. The van der Waals surface area contributed by atoms with Gasteiger partial charge in [-0.2, -0.15) is 0 Å². The summed E-state index contributed by atoms with van der Waals surface area (Å²) >= 11 is 7.02. The fraction of sp³-hybridized carbons (Fsp3) is 0.214. The topological polar surface area (TPSA) is 60.8 Å². The van der Waals surface area contributed by atoms with Gasteiger partial charge >= 0.3 is 0 Å². The fourth-order valence-corrected chi connectivity index (χ4v) is 2.40. The van der Waals surface area contributed by atoms with E-state index in [1.165, 1.54) is 17.6 Å².